The van der Waals surface area contributed by atoms with Gasteiger partial charge in [-0.05, 0) is 30.9 Å². The van der Waals surface area contributed by atoms with E-state index in [1.165, 1.54) is 12.7 Å². The molecule has 1 saturated heterocycles. The van der Waals surface area contributed by atoms with Crippen LogP contribution in [0.25, 0.3) is 0 Å². The molecule has 0 atom stereocenters. The molecule has 140 valence electrons. The lowest BCUT2D eigenvalue weighted by molar-refractivity contribution is -0.146. The van der Waals surface area contributed by atoms with Gasteiger partial charge in [-0.1, -0.05) is 18.2 Å². The minimum Gasteiger partial charge on any atom is -0.496 e. The molecule has 1 aromatic carbocycles. The molecule has 0 radical (unpaired) electrons. The summed E-state index contributed by atoms with van der Waals surface area (Å²) in [7, 11) is 4.93. The molecule has 0 aliphatic carbocycles. The first-order chi connectivity index (χ1) is 11.7. The lowest BCUT2D eigenvalue weighted by atomic mass is 9.97. The minimum absolute atomic E-state index is 0. The van der Waals surface area contributed by atoms with Gasteiger partial charge < -0.3 is 19.7 Å². The number of guanidine groups is 1. The predicted octanol–water partition coefficient (Wildman–Crippen LogP) is 2.32. The number of piperidine rings is 1. The topological polar surface area (TPSA) is 63.2 Å². The zero-order valence-corrected chi connectivity index (χ0v) is 17.5. The molecular formula is C18H28IN3O3. The van der Waals surface area contributed by atoms with Crippen LogP contribution in [0.15, 0.2) is 29.3 Å². The van der Waals surface area contributed by atoms with Crippen molar-refractivity contribution in [1.29, 1.82) is 0 Å². The molecule has 6 nitrogen and oxygen atoms in total. The summed E-state index contributed by atoms with van der Waals surface area (Å²) in [6.07, 6.45) is 2.47. The summed E-state index contributed by atoms with van der Waals surface area (Å²) in [5.41, 5.74) is 1.17. The van der Waals surface area contributed by atoms with Crippen LogP contribution in [-0.2, 0) is 16.0 Å². The van der Waals surface area contributed by atoms with Gasteiger partial charge in [0.2, 0.25) is 0 Å². The van der Waals surface area contributed by atoms with Gasteiger partial charge in [0.25, 0.3) is 0 Å². The maximum atomic E-state index is 11.6. The first kappa shape index (κ1) is 21.5. The average molecular weight is 461 g/mol. The van der Waals surface area contributed by atoms with Crippen LogP contribution in [0.2, 0.25) is 0 Å². The maximum Gasteiger partial charge on any atom is 0.308 e. The molecule has 1 fully saturated rings. The number of likely N-dealkylation sites (tertiary alicyclic amines) is 1. The molecular weight excluding hydrogens is 433 g/mol. The van der Waals surface area contributed by atoms with Crippen molar-refractivity contribution >= 4 is 35.9 Å². The highest BCUT2D eigenvalue weighted by Gasteiger charge is 2.26. The Morgan fingerprint density at radius 1 is 1.28 bits per heavy atom. The number of hydrogen-bond donors (Lipinski definition) is 1. The highest BCUT2D eigenvalue weighted by Crippen LogP contribution is 2.19. The van der Waals surface area contributed by atoms with E-state index in [0.717, 1.165) is 50.6 Å². The van der Waals surface area contributed by atoms with Crippen LogP contribution >= 0.6 is 24.0 Å². The number of halogens is 1. The predicted molar refractivity (Wildman–Crippen MR) is 110 cm³/mol. The number of carbonyl (C=O) groups is 1. The van der Waals surface area contributed by atoms with Gasteiger partial charge in [0.15, 0.2) is 5.96 Å². The fraction of sp³-hybridized carbons (Fsp3) is 0.556. The van der Waals surface area contributed by atoms with E-state index >= 15 is 0 Å². The number of nitrogens with one attached hydrogen (secondary N) is 1. The van der Waals surface area contributed by atoms with Gasteiger partial charge in [-0.15, -0.1) is 24.0 Å². The standard InChI is InChI=1S/C18H27N3O3.HI/c1-19-18(21-12-9-15(10-13-21)17(22)24-3)20-11-8-14-6-4-5-7-16(14)23-2;/h4-7,15H,8-13H2,1-3H3,(H,19,20);1H. The Morgan fingerprint density at radius 2 is 1.96 bits per heavy atom. The highest BCUT2D eigenvalue weighted by molar-refractivity contribution is 14.0. The molecule has 0 saturated carbocycles. The van der Waals surface area contributed by atoms with Crippen molar-refractivity contribution in [3.63, 3.8) is 0 Å². The van der Waals surface area contributed by atoms with Crippen LogP contribution in [0.1, 0.15) is 18.4 Å². The fourth-order valence-electron chi connectivity index (χ4n) is 3.04. The minimum atomic E-state index is -0.103. The van der Waals surface area contributed by atoms with Gasteiger partial charge >= 0.3 is 5.97 Å². The number of esters is 1. The number of nitrogens with zero attached hydrogens (tertiary/aromatic N) is 2. The fourth-order valence-corrected chi connectivity index (χ4v) is 3.04. The van der Waals surface area contributed by atoms with Gasteiger partial charge in [0, 0.05) is 26.7 Å². The Kier molecular flexibility index (Phi) is 9.62. The van der Waals surface area contributed by atoms with Gasteiger partial charge in [0.05, 0.1) is 20.1 Å². The second-order valence-corrected chi connectivity index (χ2v) is 5.82. The molecule has 0 spiro atoms. The van der Waals surface area contributed by atoms with E-state index in [2.05, 4.69) is 21.3 Å². The van der Waals surface area contributed by atoms with Crippen molar-refractivity contribution in [2.45, 2.75) is 19.3 Å². The van der Waals surface area contributed by atoms with Crippen LogP contribution in [0.4, 0.5) is 0 Å². The molecule has 7 heteroatoms. The average Bonchev–Trinajstić information content (AvgIpc) is 2.65. The van der Waals surface area contributed by atoms with Gasteiger partial charge in [-0.3, -0.25) is 9.79 Å². The lowest BCUT2D eigenvalue weighted by Gasteiger charge is -2.33. The van der Waals surface area contributed by atoms with Gasteiger partial charge in [-0.25, -0.2) is 0 Å². The van der Waals surface area contributed by atoms with Crippen LogP contribution < -0.4 is 10.1 Å². The number of rotatable bonds is 5. The molecule has 25 heavy (non-hydrogen) atoms. The zero-order valence-electron chi connectivity index (χ0n) is 15.2. The third-order valence-corrected chi connectivity index (χ3v) is 4.41. The number of para-hydroxylation sites is 1. The first-order valence-corrected chi connectivity index (χ1v) is 8.35. The molecule has 1 aliphatic rings. The lowest BCUT2D eigenvalue weighted by Crippen LogP contribution is -2.47. The van der Waals surface area contributed by atoms with Crippen LogP contribution in [0.5, 0.6) is 5.75 Å². The Balaban J connectivity index is 0.00000312. The van der Waals surface area contributed by atoms with E-state index in [1.54, 1.807) is 14.2 Å². The molecule has 0 unspecified atom stereocenters. The number of benzene rings is 1. The molecule has 1 heterocycles. The number of hydrogen-bond acceptors (Lipinski definition) is 4. The van der Waals surface area contributed by atoms with Crippen LogP contribution in [-0.4, -0.2) is 57.7 Å². The Morgan fingerprint density at radius 3 is 2.56 bits per heavy atom. The van der Waals surface area contributed by atoms with E-state index in [9.17, 15) is 4.79 Å². The smallest absolute Gasteiger partial charge is 0.308 e. The summed E-state index contributed by atoms with van der Waals surface area (Å²) in [4.78, 5) is 18.2. The quantitative estimate of drug-likeness (QED) is 0.316. The van der Waals surface area contributed by atoms with Gasteiger partial charge in [0.1, 0.15) is 5.75 Å². The molecule has 0 aromatic heterocycles. The van der Waals surface area contributed by atoms with Gasteiger partial charge in [-0.2, -0.15) is 0 Å². The largest absolute Gasteiger partial charge is 0.496 e. The Hall–Kier alpha value is -1.51. The third-order valence-electron chi connectivity index (χ3n) is 4.41. The molecule has 1 aliphatic heterocycles. The van der Waals surface area contributed by atoms with E-state index in [1.807, 2.05) is 18.2 Å². The summed E-state index contributed by atoms with van der Waals surface area (Å²) < 4.78 is 10.2. The summed E-state index contributed by atoms with van der Waals surface area (Å²) in [5, 5.41) is 3.40. The van der Waals surface area contributed by atoms with E-state index in [0.29, 0.717) is 0 Å². The summed E-state index contributed by atoms with van der Waals surface area (Å²) >= 11 is 0. The van der Waals surface area contributed by atoms with Crippen molar-refractivity contribution in [3.8, 4) is 5.75 Å². The van der Waals surface area contributed by atoms with Crippen molar-refractivity contribution in [2.24, 2.45) is 10.9 Å². The molecule has 1 aromatic rings. The van der Waals surface area contributed by atoms with Crippen molar-refractivity contribution in [1.82, 2.24) is 10.2 Å². The second kappa shape index (κ2) is 11.2. The van der Waals surface area contributed by atoms with E-state index < -0.39 is 0 Å². The summed E-state index contributed by atoms with van der Waals surface area (Å²) in [6, 6.07) is 8.04. The number of carbonyl (C=O) groups excluding carboxylic acids is 1. The number of ether oxygens (including phenoxy) is 2. The number of methoxy groups -OCH3 is 2. The van der Waals surface area contributed by atoms with Crippen molar-refractivity contribution < 1.29 is 14.3 Å². The SMILES string of the molecule is CN=C(NCCc1ccccc1OC)N1CCC(C(=O)OC)CC1.I. The maximum absolute atomic E-state index is 11.6. The van der Waals surface area contributed by atoms with Crippen LogP contribution in [0.3, 0.4) is 0 Å². The van der Waals surface area contributed by atoms with E-state index in [4.69, 9.17) is 9.47 Å². The van der Waals surface area contributed by atoms with Crippen molar-refractivity contribution in [3.05, 3.63) is 29.8 Å². The summed E-state index contributed by atoms with van der Waals surface area (Å²) in [5.74, 6) is 1.70. The summed E-state index contributed by atoms with van der Waals surface area (Å²) in [6.45, 7) is 2.41. The Bertz CT molecular complexity index is 572. The normalized spacial score (nSPS) is 15.3. The molecule has 1 N–H and O–H groups in total. The first-order valence-electron chi connectivity index (χ1n) is 8.35. The second-order valence-electron chi connectivity index (χ2n) is 5.82. The van der Waals surface area contributed by atoms with E-state index in [-0.39, 0.29) is 35.9 Å². The zero-order chi connectivity index (χ0) is 17.4. The molecule has 2 rings (SSSR count). The molecule has 0 bridgehead atoms. The third kappa shape index (κ3) is 6.05. The van der Waals surface area contributed by atoms with Crippen LogP contribution in [0, 0.1) is 5.92 Å². The number of aliphatic imine (C=N–C) groups is 1. The monoisotopic (exact) mass is 461 g/mol. The molecule has 0 amide bonds. The van der Waals surface area contributed by atoms with Crippen molar-refractivity contribution in [2.75, 3.05) is 40.9 Å². The highest BCUT2D eigenvalue weighted by atomic mass is 127. The Labute approximate surface area is 167 Å².